The minimum Gasteiger partial charge on any atom is -0.306 e. The molecule has 0 saturated carbocycles. The lowest BCUT2D eigenvalue weighted by molar-refractivity contribution is 0.250. The molecule has 0 atom stereocenters. The van der Waals surface area contributed by atoms with Crippen molar-refractivity contribution in [3.05, 3.63) is 48.7 Å². The van der Waals surface area contributed by atoms with E-state index in [9.17, 15) is 0 Å². The van der Waals surface area contributed by atoms with Crippen LogP contribution in [0.25, 0.3) is 16.9 Å². The van der Waals surface area contributed by atoms with Gasteiger partial charge in [0.05, 0.1) is 5.69 Å². The van der Waals surface area contributed by atoms with Crippen molar-refractivity contribution in [3.8, 4) is 5.69 Å². The second-order valence-corrected chi connectivity index (χ2v) is 5.93. The molecular weight excluding hydrogens is 274 g/mol. The van der Waals surface area contributed by atoms with Crippen LogP contribution in [-0.4, -0.2) is 44.6 Å². The van der Waals surface area contributed by atoms with Crippen molar-refractivity contribution >= 4 is 11.2 Å². The maximum Gasteiger partial charge on any atom is 0.164 e. The van der Waals surface area contributed by atoms with E-state index in [4.69, 9.17) is 4.98 Å². The Kier molecular flexibility index (Phi) is 3.35. The molecule has 4 heterocycles. The molecular formula is C17H19N5. The monoisotopic (exact) mass is 293 g/mol. The number of likely N-dealkylation sites (tertiary alicyclic amines) is 1. The molecule has 0 bridgehead atoms. The van der Waals surface area contributed by atoms with Gasteiger partial charge in [0.2, 0.25) is 0 Å². The topological polar surface area (TPSA) is 46.8 Å². The standard InChI is InChI=1S/C17H19N5/c1-21-11-6-13(7-12-21)16-20-15-3-2-8-19-17(15)22(16)14-4-9-18-10-5-14/h2-5,8-10,13H,6-7,11-12H2,1H3. The van der Waals surface area contributed by atoms with E-state index in [-0.39, 0.29) is 0 Å². The van der Waals surface area contributed by atoms with E-state index in [1.165, 1.54) is 0 Å². The lowest BCUT2D eigenvalue weighted by Gasteiger charge is -2.28. The highest BCUT2D eigenvalue weighted by Gasteiger charge is 2.25. The number of aromatic nitrogens is 4. The predicted octanol–water partition coefficient (Wildman–Crippen LogP) is 2.62. The summed E-state index contributed by atoms with van der Waals surface area (Å²) in [7, 11) is 2.18. The Morgan fingerprint density at radius 3 is 2.59 bits per heavy atom. The number of imidazole rings is 1. The Morgan fingerprint density at radius 2 is 1.82 bits per heavy atom. The van der Waals surface area contributed by atoms with E-state index >= 15 is 0 Å². The van der Waals surface area contributed by atoms with Gasteiger partial charge in [-0.25, -0.2) is 9.97 Å². The second-order valence-electron chi connectivity index (χ2n) is 5.93. The summed E-state index contributed by atoms with van der Waals surface area (Å²) in [4.78, 5) is 16.0. The second kappa shape index (κ2) is 5.50. The third kappa shape index (κ3) is 2.27. The number of rotatable bonds is 2. The molecule has 5 heteroatoms. The molecule has 1 fully saturated rings. The first kappa shape index (κ1) is 13.4. The summed E-state index contributed by atoms with van der Waals surface area (Å²) < 4.78 is 2.20. The number of fused-ring (bicyclic) bond motifs is 1. The summed E-state index contributed by atoms with van der Waals surface area (Å²) in [5, 5.41) is 0. The number of pyridine rings is 2. The van der Waals surface area contributed by atoms with E-state index in [1.807, 2.05) is 42.9 Å². The smallest absolute Gasteiger partial charge is 0.164 e. The zero-order chi connectivity index (χ0) is 14.9. The average molecular weight is 293 g/mol. The van der Waals surface area contributed by atoms with Gasteiger partial charge >= 0.3 is 0 Å². The van der Waals surface area contributed by atoms with Crippen molar-refractivity contribution in [1.82, 2.24) is 24.4 Å². The molecule has 1 saturated heterocycles. The SMILES string of the molecule is CN1CCC(c2nc3cccnc3n2-c2ccncc2)CC1. The predicted molar refractivity (Wildman–Crippen MR) is 86.1 cm³/mol. The molecule has 4 rings (SSSR count). The maximum atomic E-state index is 4.90. The molecule has 0 spiro atoms. The first-order valence-electron chi connectivity index (χ1n) is 7.75. The Bertz CT molecular complexity index is 772. The summed E-state index contributed by atoms with van der Waals surface area (Å²) in [6.07, 6.45) is 7.76. The van der Waals surface area contributed by atoms with E-state index < -0.39 is 0 Å². The van der Waals surface area contributed by atoms with Gasteiger partial charge in [-0.3, -0.25) is 9.55 Å². The van der Waals surface area contributed by atoms with E-state index in [2.05, 4.69) is 26.5 Å². The van der Waals surface area contributed by atoms with Gasteiger partial charge in [-0.1, -0.05) is 0 Å². The van der Waals surface area contributed by atoms with Gasteiger partial charge in [0.25, 0.3) is 0 Å². The highest BCUT2D eigenvalue weighted by molar-refractivity contribution is 5.74. The number of piperidine rings is 1. The van der Waals surface area contributed by atoms with Gasteiger partial charge in [0.15, 0.2) is 5.65 Å². The first-order valence-corrected chi connectivity index (χ1v) is 7.75. The van der Waals surface area contributed by atoms with Crippen molar-refractivity contribution in [1.29, 1.82) is 0 Å². The fourth-order valence-electron chi connectivity index (χ4n) is 3.22. The molecule has 3 aromatic heterocycles. The van der Waals surface area contributed by atoms with Gasteiger partial charge < -0.3 is 4.90 Å². The molecule has 0 unspecified atom stereocenters. The maximum absolute atomic E-state index is 4.90. The summed E-state index contributed by atoms with van der Waals surface area (Å²) in [6.45, 7) is 2.25. The molecule has 22 heavy (non-hydrogen) atoms. The zero-order valence-corrected chi connectivity index (χ0v) is 12.7. The van der Waals surface area contributed by atoms with Crippen LogP contribution in [-0.2, 0) is 0 Å². The van der Waals surface area contributed by atoms with Crippen molar-refractivity contribution < 1.29 is 0 Å². The van der Waals surface area contributed by atoms with Gasteiger partial charge in [-0.05, 0) is 57.2 Å². The Morgan fingerprint density at radius 1 is 1.05 bits per heavy atom. The molecule has 0 radical (unpaired) electrons. The first-order chi connectivity index (χ1) is 10.8. The number of hydrogen-bond acceptors (Lipinski definition) is 4. The van der Waals surface area contributed by atoms with Crippen LogP contribution in [0.2, 0.25) is 0 Å². The minimum absolute atomic E-state index is 0.485. The third-order valence-electron chi connectivity index (χ3n) is 4.45. The Labute approximate surface area is 129 Å². The highest BCUT2D eigenvalue weighted by Crippen LogP contribution is 2.31. The Hall–Kier alpha value is -2.27. The van der Waals surface area contributed by atoms with Crippen molar-refractivity contribution in [2.45, 2.75) is 18.8 Å². The molecule has 3 aromatic rings. The van der Waals surface area contributed by atoms with E-state index in [0.29, 0.717) is 5.92 Å². The van der Waals surface area contributed by atoms with Crippen LogP contribution in [0, 0.1) is 0 Å². The van der Waals surface area contributed by atoms with Crippen LogP contribution in [0.5, 0.6) is 0 Å². The average Bonchev–Trinajstić information content (AvgIpc) is 2.96. The molecule has 5 nitrogen and oxygen atoms in total. The lowest BCUT2D eigenvalue weighted by Crippen LogP contribution is -2.30. The van der Waals surface area contributed by atoms with Crippen LogP contribution in [0.15, 0.2) is 42.9 Å². The lowest BCUT2D eigenvalue weighted by atomic mass is 9.96. The third-order valence-corrected chi connectivity index (χ3v) is 4.45. The highest BCUT2D eigenvalue weighted by atomic mass is 15.2. The Balaban J connectivity index is 1.87. The van der Waals surface area contributed by atoms with Gasteiger partial charge in [-0.2, -0.15) is 0 Å². The zero-order valence-electron chi connectivity index (χ0n) is 12.7. The van der Waals surface area contributed by atoms with Crippen molar-refractivity contribution in [2.24, 2.45) is 0 Å². The van der Waals surface area contributed by atoms with Gasteiger partial charge in [-0.15, -0.1) is 0 Å². The van der Waals surface area contributed by atoms with Crippen LogP contribution in [0.4, 0.5) is 0 Å². The van der Waals surface area contributed by atoms with Crippen LogP contribution < -0.4 is 0 Å². The minimum atomic E-state index is 0.485. The largest absolute Gasteiger partial charge is 0.306 e. The molecule has 0 aliphatic carbocycles. The fraction of sp³-hybridized carbons (Fsp3) is 0.353. The van der Waals surface area contributed by atoms with Gasteiger partial charge in [0.1, 0.15) is 11.3 Å². The van der Waals surface area contributed by atoms with E-state index in [1.54, 1.807) is 0 Å². The number of hydrogen-bond donors (Lipinski definition) is 0. The van der Waals surface area contributed by atoms with Crippen LogP contribution in [0.1, 0.15) is 24.6 Å². The van der Waals surface area contributed by atoms with Crippen LogP contribution in [0.3, 0.4) is 0 Å². The molecule has 0 N–H and O–H groups in total. The summed E-state index contributed by atoms with van der Waals surface area (Å²) >= 11 is 0. The van der Waals surface area contributed by atoms with E-state index in [0.717, 1.165) is 48.6 Å². The summed E-state index contributed by atoms with van der Waals surface area (Å²) in [5.41, 5.74) is 2.99. The normalized spacial score (nSPS) is 17.1. The van der Waals surface area contributed by atoms with Gasteiger partial charge in [0, 0.05) is 24.5 Å². The fourth-order valence-corrected chi connectivity index (χ4v) is 3.22. The van der Waals surface area contributed by atoms with Crippen molar-refractivity contribution in [2.75, 3.05) is 20.1 Å². The number of nitrogens with zero attached hydrogens (tertiary/aromatic N) is 5. The summed E-state index contributed by atoms with van der Waals surface area (Å²) in [6, 6.07) is 8.03. The molecule has 1 aliphatic heterocycles. The van der Waals surface area contributed by atoms with Crippen LogP contribution >= 0.6 is 0 Å². The summed E-state index contributed by atoms with van der Waals surface area (Å²) in [5.74, 6) is 1.62. The molecule has 112 valence electrons. The molecule has 0 aromatic carbocycles. The molecule has 1 aliphatic rings. The quantitative estimate of drug-likeness (QED) is 0.728. The van der Waals surface area contributed by atoms with Crippen molar-refractivity contribution in [3.63, 3.8) is 0 Å². The molecule has 0 amide bonds.